The van der Waals surface area contributed by atoms with E-state index in [1.54, 1.807) is 24.3 Å². The molecule has 0 saturated heterocycles. The highest BCUT2D eigenvalue weighted by atomic mass is 16.2. The summed E-state index contributed by atoms with van der Waals surface area (Å²) in [6.07, 6.45) is 0.918. The third kappa shape index (κ3) is 2.85. The van der Waals surface area contributed by atoms with Crippen molar-refractivity contribution in [2.24, 2.45) is 5.73 Å². The first-order valence-electron chi connectivity index (χ1n) is 4.75. The second kappa shape index (κ2) is 5.40. The molecule has 3 nitrogen and oxygen atoms in total. The Morgan fingerprint density at radius 3 is 2.79 bits per heavy atom. The van der Waals surface area contributed by atoms with Crippen LogP contribution in [0.15, 0.2) is 24.3 Å². The molecule has 1 radical (unpaired) electrons. The summed E-state index contributed by atoms with van der Waals surface area (Å²) in [4.78, 5) is 11.5. The highest BCUT2D eigenvalue weighted by molar-refractivity contribution is 5.82. The fourth-order valence-electron chi connectivity index (χ4n) is 1.12. The van der Waals surface area contributed by atoms with Crippen LogP contribution in [0.25, 0.3) is 0 Å². The standard InChI is InChI=1S/C11H15N2O/c1-2-8-13-11(14)10(12)9-6-4-3-5-7-9/h4-7,10H,2,8,12H2,1H3,(H,13,14). The lowest BCUT2D eigenvalue weighted by atomic mass is 10.1. The fourth-order valence-corrected chi connectivity index (χ4v) is 1.12. The Morgan fingerprint density at radius 1 is 1.57 bits per heavy atom. The third-order valence-electron chi connectivity index (χ3n) is 1.93. The van der Waals surface area contributed by atoms with Gasteiger partial charge in [0, 0.05) is 6.54 Å². The SMILES string of the molecule is CCCNC(=O)C(N)c1cc[c]cc1. The van der Waals surface area contributed by atoms with Gasteiger partial charge in [0.2, 0.25) is 5.91 Å². The van der Waals surface area contributed by atoms with E-state index in [9.17, 15) is 4.79 Å². The van der Waals surface area contributed by atoms with Crippen molar-refractivity contribution in [3.05, 3.63) is 35.9 Å². The van der Waals surface area contributed by atoms with Crippen molar-refractivity contribution >= 4 is 5.91 Å². The number of nitrogens with two attached hydrogens (primary N) is 1. The van der Waals surface area contributed by atoms with Crippen molar-refractivity contribution in [2.75, 3.05) is 6.54 Å². The Hall–Kier alpha value is -1.35. The van der Waals surface area contributed by atoms with Gasteiger partial charge in [0.05, 0.1) is 0 Å². The van der Waals surface area contributed by atoms with Gasteiger partial charge >= 0.3 is 0 Å². The van der Waals surface area contributed by atoms with Crippen molar-refractivity contribution in [3.8, 4) is 0 Å². The summed E-state index contributed by atoms with van der Waals surface area (Å²) in [5.41, 5.74) is 6.57. The predicted molar refractivity (Wildman–Crippen MR) is 55.5 cm³/mol. The van der Waals surface area contributed by atoms with Gasteiger partial charge in [-0.15, -0.1) is 0 Å². The van der Waals surface area contributed by atoms with E-state index in [2.05, 4.69) is 11.4 Å². The second-order valence-electron chi connectivity index (χ2n) is 3.10. The number of hydrogen-bond donors (Lipinski definition) is 2. The molecule has 1 atom stereocenters. The van der Waals surface area contributed by atoms with Crippen molar-refractivity contribution in [3.63, 3.8) is 0 Å². The van der Waals surface area contributed by atoms with Gasteiger partial charge in [-0.2, -0.15) is 0 Å². The topological polar surface area (TPSA) is 55.1 Å². The molecular weight excluding hydrogens is 176 g/mol. The zero-order valence-electron chi connectivity index (χ0n) is 8.29. The normalized spacial score (nSPS) is 12.1. The van der Waals surface area contributed by atoms with Gasteiger partial charge in [0.15, 0.2) is 0 Å². The summed E-state index contributed by atoms with van der Waals surface area (Å²) in [5, 5.41) is 2.76. The molecule has 0 aromatic heterocycles. The van der Waals surface area contributed by atoms with Gasteiger partial charge in [-0.25, -0.2) is 0 Å². The number of nitrogens with one attached hydrogen (secondary N) is 1. The molecule has 1 aromatic carbocycles. The zero-order chi connectivity index (χ0) is 10.4. The summed E-state index contributed by atoms with van der Waals surface area (Å²) in [7, 11) is 0. The van der Waals surface area contributed by atoms with Gasteiger partial charge in [0.1, 0.15) is 6.04 Å². The lowest BCUT2D eigenvalue weighted by Crippen LogP contribution is -2.34. The van der Waals surface area contributed by atoms with Crippen LogP contribution in [0.5, 0.6) is 0 Å². The summed E-state index contributed by atoms with van der Waals surface area (Å²) >= 11 is 0. The Labute approximate surface area is 84.3 Å². The first kappa shape index (κ1) is 10.7. The average molecular weight is 191 g/mol. The first-order chi connectivity index (χ1) is 6.75. The molecule has 0 spiro atoms. The lowest BCUT2D eigenvalue weighted by molar-refractivity contribution is -0.122. The molecule has 3 N–H and O–H groups in total. The van der Waals surface area contributed by atoms with Crippen LogP contribution >= 0.6 is 0 Å². The highest BCUT2D eigenvalue weighted by Gasteiger charge is 2.13. The number of carbonyl (C=O) groups is 1. The summed E-state index contributed by atoms with van der Waals surface area (Å²) < 4.78 is 0. The van der Waals surface area contributed by atoms with Gasteiger partial charge in [-0.05, 0) is 18.1 Å². The molecular formula is C11H15N2O. The van der Waals surface area contributed by atoms with Gasteiger partial charge in [-0.1, -0.05) is 31.2 Å². The van der Waals surface area contributed by atoms with Crippen molar-refractivity contribution < 1.29 is 4.79 Å². The van der Waals surface area contributed by atoms with Crippen LogP contribution in [0.2, 0.25) is 0 Å². The Bertz CT molecular complexity index is 285. The van der Waals surface area contributed by atoms with Crippen LogP contribution in [-0.4, -0.2) is 12.5 Å². The smallest absolute Gasteiger partial charge is 0.241 e. The third-order valence-corrected chi connectivity index (χ3v) is 1.93. The molecule has 0 fully saturated rings. The molecule has 0 aliphatic carbocycles. The number of hydrogen-bond acceptors (Lipinski definition) is 2. The van der Waals surface area contributed by atoms with E-state index < -0.39 is 6.04 Å². The van der Waals surface area contributed by atoms with Gasteiger partial charge in [-0.3, -0.25) is 4.79 Å². The molecule has 0 heterocycles. The van der Waals surface area contributed by atoms with Crippen molar-refractivity contribution in [1.29, 1.82) is 0 Å². The molecule has 1 unspecified atom stereocenters. The van der Waals surface area contributed by atoms with Crippen molar-refractivity contribution in [1.82, 2.24) is 5.32 Å². The Balaban J connectivity index is 2.57. The zero-order valence-corrected chi connectivity index (χ0v) is 8.29. The summed E-state index contributed by atoms with van der Waals surface area (Å²) in [6, 6.07) is 9.42. The van der Waals surface area contributed by atoms with Crippen LogP contribution < -0.4 is 11.1 Å². The summed E-state index contributed by atoms with van der Waals surface area (Å²) in [5.74, 6) is -0.127. The minimum absolute atomic E-state index is 0.127. The quantitative estimate of drug-likeness (QED) is 0.746. The molecule has 0 aliphatic rings. The molecule has 75 valence electrons. The number of amides is 1. The first-order valence-corrected chi connectivity index (χ1v) is 4.75. The van der Waals surface area contributed by atoms with Crippen LogP contribution in [-0.2, 0) is 4.79 Å². The molecule has 0 bridgehead atoms. The Morgan fingerprint density at radius 2 is 2.21 bits per heavy atom. The minimum atomic E-state index is -0.573. The largest absolute Gasteiger partial charge is 0.354 e. The lowest BCUT2D eigenvalue weighted by Gasteiger charge is -2.11. The van der Waals surface area contributed by atoms with Crippen LogP contribution in [0.1, 0.15) is 24.9 Å². The van der Waals surface area contributed by atoms with E-state index in [0.29, 0.717) is 6.54 Å². The summed E-state index contributed by atoms with van der Waals surface area (Å²) in [6.45, 7) is 2.68. The maximum atomic E-state index is 11.5. The molecule has 0 saturated carbocycles. The van der Waals surface area contributed by atoms with Gasteiger partial charge in [0.25, 0.3) is 0 Å². The molecule has 1 aromatic rings. The fraction of sp³-hybridized carbons (Fsp3) is 0.364. The number of carbonyl (C=O) groups excluding carboxylic acids is 1. The van der Waals surface area contributed by atoms with E-state index in [1.165, 1.54) is 0 Å². The van der Waals surface area contributed by atoms with E-state index in [4.69, 9.17) is 5.73 Å². The Kier molecular flexibility index (Phi) is 4.13. The highest BCUT2D eigenvalue weighted by Crippen LogP contribution is 2.08. The van der Waals surface area contributed by atoms with E-state index in [-0.39, 0.29) is 5.91 Å². The van der Waals surface area contributed by atoms with Crippen LogP contribution in [0.3, 0.4) is 0 Å². The molecule has 1 rings (SSSR count). The minimum Gasteiger partial charge on any atom is -0.354 e. The maximum absolute atomic E-state index is 11.5. The van der Waals surface area contributed by atoms with Crippen LogP contribution in [0, 0.1) is 6.07 Å². The van der Waals surface area contributed by atoms with E-state index >= 15 is 0 Å². The van der Waals surface area contributed by atoms with Crippen LogP contribution in [0.4, 0.5) is 0 Å². The van der Waals surface area contributed by atoms with E-state index in [1.807, 2.05) is 6.92 Å². The number of benzene rings is 1. The molecule has 3 heteroatoms. The molecule has 0 aliphatic heterocycles. The average Bonchev–Trinajstić information content (AvgIpc) is 2.26. The molecule has 14 heavy (non-hydrogen) atoms. The number of rotatable bonds is 4. The van der Waals surface area contributed by atoms with Gasteiger partial charge < -0.3 is 11.1 Å². The monoisotopic (exact) mass is 191 g/mol. The second-order valence-corrected chi connectivity index (χ2v) is 3.10. The maximum Gasteiger partial charge on any atom is 0.241 e. The molecule has 1 amide bonds. The van der Waals surface area contributed by atoms with E-state index in [0.717, 1.165) is 12.0 Å². The van der Waals surface area contributed by atoms with Crippen molar-refractivity contribution in [2.45, 2.75) is 19.4 Å². The predicted octanol–water partition coefficient (Wildman–Crippen LogP) is 1.01.